The first-order chi connectivity index (χ1) is 8.54. The number of nitrogens with two attached hydrogens (primary N) is 1. The van der Waals surface area contributed by atoms with Gasteiger partial charge < -0.3 is 10.5 Å². The Hall–Kier alpha value is -2.27. The number of nitro groups is 1. The van der Waals surface area contributed by atoms with Crippen molar-refractivity contribution >= 4 is 23.0 Å². The number of rotatable bonds is 3. The number of non-ortho nitro benzene ring substituents is 1. The predicted octanol–water partition coefficient (Wildman–Crippen LogP) is 3.62. The largest absolute Gasteiger partial charge is 0.457 e. The van der Waals surface area contributed by atoms with Gasteiger partial charge in [0.15, 0.2) is 0 Å². The van der Waals surface area contributed by atoms with Crippen molar-refractivity contribution in [2.24, 2.45) is 0 Å². The Balaban J connectivity index is 2.31. The highest BCUT2D eigenvalue weighted by Gasteiger charge is 2.09. The maximum Gasteiger partial charge on any atom is 0.275 e. The number of hydrogen-bond donors (Lipinski definition) is 1. The summed E-state index contributed by atoms with van der Waals surface area (Å²) in [6, 6.07) is 10.8. The van der Waals surface area contributed by atoms with Crippen LogP contribution in [0.1, 0.15) is 0 Å². The van der Waals surface area contributed by atoms with Gasteiger partial charge in [0, 0.05) is 22.8 Å². The van der Waals surface area contributed by atoms with Crippen molar-refractivity contribution in [2.45, 2.75) is 0 Å². The van der Waals surface area contributed by atoms with Crippen LogP contribution >= 0.6 is 11.6 Å². The first-order valence-electron chi connectivity index (χ1n) is 5.03. The minimum Gasteiger partial charge on any atom is -0.457 e. The Morgan fingerprint density at radius 1 is 1.17 bits per heavy atom. The summed E-state index contributed by atoms with van der Waals surface area (Å²) in [5.41, 5.74) is 5.72. The molecule has 92 valence electrons. The average Bonchev–Trinajstić information content (AvgIpc) is 2.28. The summed E-state index contributed by atoms with van der Waals surface area (Å²) in [6.07, 6.45) is 0. The molecule has 5 nitrogen and oxygen atoms in total. The Bertz CT molecular complexity index is 602. The molecule has 0 aromatic heterocycles. The van der Waals surface area contributed by atoms with Gasteiger partial charge in [0.05, 0.1) is 11.0 Å². The molecule has 0 saturated carbocycles. The summed E-state index contributed by atoms with van der Waals surface area (Å²) in [6.45, 7) is 0. The summed E-state index contributed by atoms with van der Waals surface area (Å²) in [5, 5.41) is 11.2. The molecule has 0 bridgehead atoms. The smallest absolute Gasteiger partial charge is 0.275 e. The Labute approximate surface area is 108 Å². The maximum atomic E-state index is 10.7. The molecular weight excluding hydrogens is 256 g/mol. The van der Waals surface area contributed by atoms with Gasteiger partial charge in [-0.1, -0.05) is 17.7 Å². The lowest BCUT2D eigenvalue weighted by molar-refractivity contribution is -0.384. The minimum absolute atomic E-state index is 0.118. The normalized spacial score (nSPS) is 10.1. The van der Waals surface area contributed by atoms with E-state index in [-0.39, 0.29) is 11.4 Å². The van der Waals surface area contributed by atoms with E-state index in [2.05, 4.69) is 0 Å². The standard InChI is InChI=1S/C12H9ClN2O3/c13-8-2-1-3-11(4-8)18-12-6-9(14)5-10(7-12)15(16)17/h1-7H,14H2. The Morgan fingerprint density at radius 2 is 1.94 bits per heavy atom. The fraction of sp³-hybridized carbons (Fsp3) is 0. The fourth-order valence-electron chi connectivity index (χ4n) is 1.44. The zero-order valence-electron chi connectivity index (χ0n) is 9.17. The molecule has 0 amide bonds. The summed E-state index contributed by atoms with van der Waals surface area (Å²) in [5.74, 6) is 0.784. The van der Waals surface area contributed by atoms with Crippen LogP contribution < -0.4 is 10.5 Å². The van der Waals surface area contributed by atoms with Crippen LogP contribution in [-0.4, -0.2) is 4.92 Å². The van der Waals surface area contributed by atoms with Crippen LogP contribution in [0.4, 0.5) is 11.4 Å². The SMILES string of the molecule is Nc1cc(Oc2cccc(Cl)c2)cc([N+](=O)[O-])c1. The molecule has 0 fully saturated rings. The molecule has 0 aliphatic heterocycles. The van der Waals surface area contributed by atoms with E-state index in [4.69, 9.17) is 22.1 Å². The second-order valence-electron chi connectivity index (χ2n) is 3.58. The molecule has 2 aromatic carbocycles. The highest BCUT2D eigenvalue weighted by atomic mass is 35.5. The van der Waals surface area contributed by atoms with Crippen LogP contribution in [0.3, 0.4) is 0 Å². The summed E-state index contributed by atoms with van der Waals surface area (Å²) >= 11 is 5.81. The topological polar surface area (TPSA) is 78.4 Å². The van der Waals surface area contributed by atoms with Gasteiger partial charge in [0.2, 0.25) is 0 Å². The lowest BCUT2D eigenvalue weighted by atomic mass is 10.2. The van der Waals surface area contributed by atoms with Gasteiger partial charge in [-0.05, 0) is 18.2 Å². The van der Waals surface area contributed by atoms with E-state index < -0.39 is 4.92 Å². The highest BCUT2D eigenvalue weighted by molar-refractivity contribution is 6.30. The van der Waals surface area contributed by atoms with Gasteiger partial charge in [-0.3, -0.25) is 10.1 Å². The van der Waals surface area contributed by atoms with Gasteiger partial charge in [-0.25, -0.2) is 0 Å². The van der Waals surface area contributed by atoms with Crippen molar-refractivity contribution in [3.05, 3.63) is 57.6 Å². The van der Waals surface area contributed by atoms with Gasteiger partial charge >= 0.3 is 0 Å². The van der Waals surface area contributed by atoms with Crippen LogP contribution in [0.15, 0.2) is 42.5 Å². The molecule has 2 aromatic rings. The van der Waals surface area contributed by atoms with E-state index in [0.717, 1.165) is 0 Å². The average molecular weight is 265 g/mol. The molecule has 0 heterocycles. The number of benzene rings is 2. The molecule has 0 aliphatic carbocycles. The van der Waals surface area contributed by atoms with Gasteiger partial charge in [-0.15, -0.1) is 0 Å². The van der Waals surface area contributed by atoms with Crippen molar-refractivity contribution in [1.82, 2.24) is 0 Å². The van der Waals surface area contributed by atoms with Crippen LogP contribution in [0.2, 0.25) is 5.02 Å². The number of anilines is 1. The van der Waals surface area contributed by atoms with Crippen LogP contribution in [0.5, 0.6) is 11.5 Å². The van der Waals surface area contributed by atoms with Crippen LogP contribution in [0.25, 0.3) is 0 Å². The van der Waals surface area contributed by atoms with E-state index in [1.54, 1.807) is 24.3 Å². The zero-order chi connectivity index (χ0) is 13.1. The Kier molecular flexibility index (Phi) is 3.34. The zero-order valence-corrected chi connectivity index (χ0v) is 9.92. The molecule has 0 aliphatic rings. The Morgan fingerprint density at radius 3 is 2.61 bits per heavy atom. The second kappa shape index (κ2) is 4.93. The van der Waals surface area contributed by atoms with Crippen molar-refractivity contribution in [3.8, 4) is 11.5 Å². The molecule has 0 radical (unpaired) electrons. The lowest BCUT2D eigenvalue weighted by Crippen LogP contribution is -1.93. The molecule has 0 spiro atoms. The summed E-state index contributed by atoms with van der Waals surface area (Å²) in [4.78, 5) is 10.2. The first kappa shape index (κ1) is 12.2. The molecule has 0 atom stereocenters. The first-order valence-corrected chi connectivity index (χ1v) is 5.41. The summed E-state index contributed by atoms with van der Waals surface area (Å²) in [7, 11) is 0. The van der Waals surface area contributed by atoms with Crippen LogP contribution in [-0.2, 0) is 0 Å². The molecular formula is C12H9ClN2O3. The van der Waals surface area contributed by atoms with Gasteiger partial charge in [0.1, 0.15) is 11.5 Å². The number of hydrogen-bond acceptors (Lipinski definition) is 4. The van der Waals surface area contributed by atoms with Crippen molar-refractivity contribution < 1.29 is 9.66 Å². The predicted molar refractivity (Wildman–Crippen MR) is 69.0 cm³/mol. The second-order valence-corrected chi connectivity index (χ2v) is 4.01. The number of nitro benzene ring substituents is 1. The van der Waals surface area contributed by atoms with Crippen molar-refractivity contribution in [1.29, 1.82) is 0 Å². The lowest BCUT2D eigenvalue weighted by Gasteiger charge is -2.06. The molecule has 2 N–H and O–H groups in total. The third-order valence-electron chi connectivity index (χ3n) is 2.16. The van der Waals surface area contributed by atoms with E-state index >= 15 is 0 Å². The maximum absolute atomic E-state index is 10.7. The fourth-order valence-corrected chi connectivity index (χ4v) is 1.62. The van der Waals surface area contributed by atoms with E-state index in [1.807, 2.05) is 0 Å². The third-order valence-corrected chi connectivity index (χ3v) is 2.39. The third kappa shape index (κ3) is 2.89. The van der Waals surface area contributed by atoms with Gasteiger partial charge in [0.25, 0.3) is 5.69 Å². The molecule has 2 rings (SSSR count). The number of halogens is 1. The molecule has 0 saturated heterocycles. The van der Waals surface area contributed by atoms with E-state index in [1.165, 1.54) is 18.2 Å². The number of ether oxygens (including phenoxy) is 1. The minimum atomic E-state index is -0.527. The van der Waals surface area contributed by atoms with Crippen molar-refractivity contribution in [3.63, 3.8) is 0 Å². The van der Waals surface area contributed by atoms with Crippen LogP contribution in [0, 0.1) is 10.1 Å². The highest BCUT2D eigenvalue weighted by Crippen LogP contribution is 2.29. The van der Waals surface area contributed by atoms with E-state index in [0.29, 0.717) is 16.5 Å². The molecule has 18 heavy (non-hydrogen) atoms. The molecule has 0 unspecified atom stereocenters. The van der Waals surface area contributed by atoms with Crippen molar-refractivity contribution in [2.75, 3.05) is 5.73 Å². The number of nitrogens with zero attached hydrogens (tertiary/aromatic N) is 1. The van der Waals surface area contributed by atoms with E-state index in [9.17, 15) is 10.1 Å². The summed E-state index contributed by atoms with van der Waals surface area (Å²) < 4.78 is 5.46. The number of nitrogen functional groups attached to an aromatic ring is 1. The molecule has 6 heteroatoms. The van der Waals surface area contributed by atoms with Gasteiger partial charge in [-0.2, -0.15) is 0 Å². The quantitative estimate of drug-likeness (QED) is 0.522. The monoisotopic (exact) mass is 264 g/mol.